The number of aryl methyl sites for hydroxylation is 2. The maximum atomic E-state index is 12.4. The third-order valence-electron chi connectivity index (χ3n) is 3.67. The van der Waals surface area contributed by atoms with Crippen molar-refractivity contribution in [3.05, 3.63) is 63.9 Å². The lowest BCUT2D eigenvalue weighted by Crippen LogP contribution is -2.34. The molecule has 0 aliphatic heterocycles. The van der Waals surface area contributed by atoms with Crippen molar-refractivity contribution in [1.29, 1.82) is 0 Å². The molecule has 1 aromatic heterocycles. The highest BCUT2D eigenvalue weighted by Gasteiger charge is 2.19. The molecule has 1 amide bonds. The Morgan fingerprint density at radius 1 is 1.30 bits per heavy atom. The van der Waals surface area contributed by atoms with E-state index in [-0.39, 0.29) is 17.1 Å². The number of nitrogens with one attached hydrogen (secondary N) is 1. The largest absolute Gasteiger partial charge is 0.388 e. The topological polar surface area (TPSA) is 62.2 Å². The van der Waals surface area contributed by atoms with E-state index in [1.165, 1.54) is 0 Å². The maximum absolute atomic E-state index is 12.4. The van der Waals surface area contributed by atoms with Gasteiger partial charge in [-0.05, 0) is 44.4 Å². The molecule has 0 fully saturated rings. The van der Waals surface area contributed by atoms with Gasteiger partial charge in [-0.3, -0.25) is 4.79 Å². The highest BCUT2D eigenvalue weighted by molar-refractivity contribution is 6.32. The van der Waals surface area contributed by atoms with Crippen LogP contribution in [0.4, 0.5) is 0 Å². The predicted molar refractivity (Wildman–Crippen MR) is 91.7 cm³/mol. The summed E-state index contributed by atoms with van der Waals surface area (Å²) in [5.74, 6) is -0.271. The fourth-order valence-corrected chi connectivity index (χ4v) is 2.93. The zero-order chi connectivity index (χ0) is 17.0. The number of pyridine rings is 1. The van der Waals surface area contributed by atoms with Crippen LogP contribution in [0.3, 0.4) is 0 Å². The quantitative estimate of drug-likeness (QED) is 0.822. The van der Waals surface area contributed by atoms with Crippen molar-refractivity contribution in [2.75, 3.05) is 0 Å². The van der Waals surface area contributed by atoms with Crippen LogP contribution in [0.1, 0.15) is 46.6 Å². The fourth-order valence-electron chi connectivity index (χ4n) is 2.57. The molecule has 0 bridgehead atoms. The Morgan fingerprint density at radius 2 is 1.96 bits per heavy atom. The zero-order valence-corrected chi connectivity index (χ0v) is 14.3. The second kappa shape index (κ2) is 7.57. The molecule has 0 saturated carbocycles. The maximum Gasteiger partial charge on any atom is 0.254 e. The van der Waals surface area contributed by atoms with Gasteiger partial charge in [0.2, 0.25) is 0 Å². The van der Waals surface area contributed by atoms with E-state index >= 15 is 0 Å². The molecule has 2 unspecified atom stereocenters. The lowest BCUT2D eigenvalue weighted by Gasteiger charge is -2.19. The summed E-state index contributed by atoms with van der Waals surface area (Å²) in [6, 6.07) is 11.0. The number of carbonyl (C=O) groups excluding carboxylic acids is 1. The number of amides is 1. The molecular formula is C18H21ClN2O2. The Kier molecular flexibility index (Phi) is 5.74. The van der Waals surface area contributed by atoms with Gasteiger partial charge in [-0.1, -0.05) is 41.9 Å². The van der Waals surface area contributed by atoms with Crippen LogP contribution in [0, 0.1) is 13.8 Å². The van der Waals surface area contributed by atoms with Crippen LogP contribution >= 0.6 is 11.6 Å². The van der Waals surface area contributed by atoms with E-state index in [1.807, 2.05) is 57.2 Å². The van der Waals surface area contributed by atoms with Gasteiger partial charge in [-0.2, -0.15) is 0 Å². The number of carbonyl (C=O) groups is 1. The van der Waals surface area contributed by atoms with E-state index in [0.717, 1.165) is 16.8 Å². The van der Waals surface area contributed by atoms with E-state index in [2.05, 4.69) is 10.3 Å². The number of aliphatic hydroxyl groups is 1. The molecule has 4 nitrogen and oxygen atoms in total. The molecule has 5 heteroatoms. The smallest absolute Gasteiger partial charge is 0.254 e. The van der Waals surface area contributed by atoms with Gasteiger partial charge in [0.1, 0.15) is 5.15 Å². The lowest BCUT2D eigenvalue weighted by molar-refractivity contribution is 0.0916. The van der Waals surface area contributed by atoms with Gasteiger partial charge >= 0.3 is 0 Å². The monoisotopic (exact) mass is 332 g/mol. The van der Waals surface area contributed by atoms with Crippen LogP contribution < -0.4 is 5.32 Å². The van der Waals surface area contributed by atoms with Gasteiger partial charge in [0, 0.05) is 11.7 Å². The molecule has 2 rings (SSSR count). The molecular weight excluding hydrogens is 312 g/mol. The predicted octanol–water partition coefficient (Wildman–Crippen LogP) is 3.59. The molecule has 23 heavy (non-hydrogen) atoms. The van der Waals surface area contributed by atoms with Crippen LogP contribution in [-0.2, 0) is 0 Å². The highest BCUT2D eigenvalue weighted by atomic mass is 35.5. The second-order valence-electron chi connectivity index (χ2n) is 5.78. The summed E-state index contributed by atoms with van der Waals surface area (Å²) < 4.78 is 0. The van der Waals surface area contributed by atoms with E-state index < -0.39 is 6.10 Å². The highest BCUT2D eigenvalue weighted by Crippen LogP contribution is 2.21. The Balaban J connectivity index is 2.03. The number of aliphatic hydroxyl groups excluding tert-OH is 1. The summed E-state index contributed by atoms with van der Waals surface area (Å²) in [6.07, 6.45) is -0.203. The van der Waals surface area contributed by atoms with Crippen LogP contribution in [0.2, 0.25) is 5.15 Å². The fraction of sp³-hybridized carbons (Fsp3) is 0.333. The lowest BCUT2D eigenvalue weighted by atomic mass is 10.0. The number of hydrogen-bond acceptors (Lipinski definition) is 3. The first-order valence-electron chi connectivity index (χ1n) is 7.56. The van der Waals surface area contributed by atoms with Crippen LogP contribution in [0.25, 0.3) is 0 Å². The number of nitrogens with zero attached hydrogens (tertiary/aromatic N) is 1. The zero-order valence-electron chi connectivity index (χ0n) is 13.5. The Bertz CT molecular complexity index is 666. The first-order chi connectivity index (χ1) is 10.9. The molecule has 2 N–H and O–H groups in total. The molecule has 1 aromatic carbocycles. The number of hydrogen-bond donors (Lipinski definition) is 2. The summed E-state index contributed by atoms with van der Waals surface area (Å²) >= 11 is 6.09. The molecule has 0 aliphatic rings. The van der Waals surface area contributed by atoms with E-state index in [1.54, 1.807) is 0 Å². The van der Waals surface area contributed by atoms with E-state index in [0.29, 0.717) is 12.0 Å². The molecule has 1 heterocycles. The second-order valence-corrected chi connectivity index (χ2v) is 6.14. The van der Waals surface area contributed by atoms with Gasteiger partial charge in [-0.25, -0.2) is 4.98 Å². The normalized spacial score (nSPS) is 13.4. The Morgan fingerprint density at radius 3 is 2.57 bits per heavy atom. The van der Waals surface area contributed by atoms with Crippen LogP contribution in [0.15, 0.2) is 36.4 Å². The summed E-state index contributed by atoms with van der Waals surface area (Å²) in [5.41, 5.74) is 2.78. The summed E-state index contributed by atoms with van der Waals surface area (Å²) in [5, 5.41) is 13.3. The third-order valence-corrected chi connectivity index (χ3v) is 3.94. The van der Waals surface area contributed by atoms with E-state index in [4.69, 9.17) is 11.6 Å². The molecule has 2 atom stereocenters. The van der Waals surface area contributed by atoms with Crippen molar-refractivity contribution >= 4 is 17.5 Å². The molecule has 0 radical (unpaired) electrons. The summed E-state index contributed by atoms with van der Waals surface area (Å²) in [7, 11) is 0. The Hall–Kier alpha value is -1.91. The van der Waals surface area contributed by atoms with Crippen molar-refractivity contribution in [3.8, 4) is 0 Å². The number of aromatic nitrogens is 1. The number of halogens is 1. The average Bonchev–Trinajstić information content (AvgIpc) is 2.46. The van der Waals surface area contributed by atoms with Crippen molar-refractivity contribution in [2.24, 2.45) is 0 Å². The SMILES string of the molecule is Cc1cc(C)c(C(=O)NC(C)CC(O)c2ccccc2)c(Cl)n1. The average molecular weight is 333 g/mol. The third kappa shape index (κ3) is 4.53. The van der Waals surface area contributed by atoms with Gasteiger partial charge in [-0.15, -0.1) is 0 Å². The minimum atomic E-state index is -0.626. The minimum absolute atomic E-state index is 0.200. The summed E-state index contributed by atoms with van der Waals surface area (Å²) in [4.78, 5) is 16.5. The molecule has 0 saturated heterocycles. The first kappa shape index (κ1) is 17.4. The van der Waals surface area contributed by atoms with Gasteiger partial charge in [0.05, 0.1) is 11.7 Å². The van der Waals surface area contributed by atoms with Crippen molar-refractivity contribution in [1.82, 2.24) is 10.3 Å². The van der Waals surface area contributed by atoms with Crippen LogP contribution in [-0.4, -0.2) is 22.0 Å². The van der Waals surface area contributed by atoms with Gasteiger partial charge in [0.25, 0.3) is 5.91 Å². The summed E-state index contributed by atoms with van der Waals surface area (Å²) in [6.45, 7) is 5.52. The molecule has 2 aromatic rings. The standard InChI is InChI=1S/C18H21ClN2O2/c1-11-9-12(2)20-17(19)16(11)18(23)21-13(3)10-15(22)14-7-5-4-6-8-14/h4-9,13,15,22H,10H2,1-3H3,(H,21,23). The number of rotatable bonds is 5. The molecule has 0 spiro atoms. The minimum Gasteiger partial charge on any atom is -0.388 e. The molecule has 122 valence electrons. The molecule has 0 aliphatic carbocycles. The van der Waals surface area contributed by atoms with Crippen molar-refractivity contribution in [2.45, 2.75) is 39.3 Å². The Labute approximate surface area is 141 Å². The van der Waals surface area contributed by atoms with E-state index in [9.17, 15) is 9.90 Å². The van der Waals surface area contributed by atoms with Crippen molar-refractivity contribution < 1.29 is 9.90 Å². The number of benzene rings is 1. The van der Waals surface area contributed by atoms with Gasteiger partial charge in [0.15, 0.2) is 0 Å². The van der Waals surface area contributed by atoms with Gasteiger partial charge < -0.3 is 10.4 Å². The van der Waals surface area contributed by atoms with Crippen molar-refractivity contribution in [3.63, 3.8) is 0 Å². The first-order valence-corrected chi connectivity index (χ1v) is 7.94. The van der Waals surface area contributed by atoms with Crippen LogP contribution in [0.5, 0.6) is 0 Å².